The smallest absolute Gasteiger partial charge is 0.437 e. The average Bonchev–Trinajstić information content (AvgIpc) is 3.34. The molecule has 1 aromatic heterocycles. The number of morpholine rings is 1. The predicted molar refractivity (Wildman–Crippen MR) is 138 cm³/mol. The molecule has 204 valence electrons. The van der Waals surface area contributed by atoms with Gasteiger partial charge in [-0.2, -0.15) is 0 Å². The highest BCUT2D eigenvalue weighted by Gasteiger charge is 2.51. The van der Waals surface area contributed by atoms with E-state index in [2.05, 4.69) is 9.64 Å². The van der Waals surface area contributed by atoms with Crippen LogP contribution in [0.25, 0.3) is 0 Å². The zero-order chi connectivity index (χ0) is 27.3. The van der Waals surface area contributed by atoms with Crippen molar-refractivity contribution in [1.82, 2.24) is 9.80 Å². The summed E-state index contributed by atoms with van der Waals surface area (Å²) in [5.41, 5.74) is 1.78. The van der Waals surface area contributed by atoms with Gasteiger partial charge in [-0.15, -0.1) is 23.1 Å². The van der Waals surface area contributed by atoms with Crippen LogP contribution in [0.15, 0.2) is 51.3 Å². The van der Waals surface area contributed by atoms with Crippen LogP contribution in [-0.2, 0) is 29.6 Å². The average molecular weight is 575 g/mol. The lowest BCUT2D eigenvalue weighted by atomic mass is 9.85. The summed E-state index contributed by atoms with van der Waals surface area (Å²) < 4.78 is 46.4. The SMILES string of the molecule is COC(=O)O/C1=C2\C(=O)N3CCOC[C@H]3N(C3c4ccsc4SCc4c3ccc(F)c4F)C2CC/C=C\C1=O. The van der Waals surface area contributed by atoms with Crippen molar-refractivity contribution in [1.29, 1.82) is 0 Å². The number of ether oxygens (including phenoxy) is 3. The number of allylic oxidation sites excluding steroid dienone is 2. The van der Waals surface area contributed by atoms with E-state index in [1.807, 2.05) is 11.4 Å². The van der Waals surface area contributed by atoms with E-state index in [4.69, 9.17) is 9.47 Å². The van der Waals surface area contributed by atoms with E-state index in [0.29, 0.717) is 18.4 Å². The molecule has 6 rings (SSSR count). The molecule has 0 radical (unpaired) electrons. The molecule has 2 saturated heterocycles. The first kappa shape index (κ1) is 26.2. The second-order valence-electron chi connectivity index (χ2n) is 9.44. The Hall–Kier alpha value is -3.06. The summed E-state index contributed by atoms with van der Waals surface area (Å²) in [5, 5.41) is 1.95. The predicted octanol–water partition coefficient (Wildman–Crippen LogP) is 4.55. The Morgan fingerprint density at radius 1 is 1.18 bits per heavy atom. The zero-order valence-electron chi connectivity index (χ0n) is 20.9. The maximum absolute atomic E-state index is 15.2. The van der Waals surface area contributed by atoms with Gasteiger partial charge in [0.05, 0.1) is 36.1 Å². The number of methoxy groups -OCH3 is 1. The number of amides is 1. The zero-order valence-corrected chi connectivity index (χ0v) is 22.5. The normalized spacial score (nSPS) is 27.8. The third-order valence-electron chi connectivity index (χ3n) is 7.45. The summed E-state index contributed by atoms with van der Waals surface area (Å²) in [6, 6.07) is 3.39. The molecule has 2 unspecified atom stereocenters. The number of fused-ring (bicyclic) bond motifs is 4. The Labute approximate surface area is 231 Å². The molecule has 3 aliphatic heterocycles. The molecule has 4 heterocycles. The summed E-state index contributed by atoms with van der Waals surface area (Å²) in [7, 11) is 1.12. The highest BCUT2D eigenvalue weighted by atomic mass is 32.2. The van der Waals surface area contributed by atoms with E-state index < -0.39 is 47.7 Å². The Bertz CT molecular complexity index is 1420. The van der Waals surface area contributed by atoms with Crippen molar-refractivity contribution >= 4 is 40.9 Å². The molecule has 2 fully saturated rings. The largest absolute Gasteiger partial charge is 0.513 e. The summed E-state index contributed by atoms with van der Waals surface area (Å²) in [6.45, 7) is 0.721. The Kier molecular flexibility index (Phi) is 7.04. The fraction of sp³-hybridized carbons (Fsp3) is 0.370. The van der Waals surface area contributed by atoms with Crippen molar-refractivity contribution in [3.05, 3.63) is 75.4 Å². The van der Waals surface area contributed by atoms with Crippen molar-refractivity contribution in [3.8, 4) is 0 Å². The maximum atomic E-state index is 15.2. The van der Waals surface area contributed by atoms with Gasteiger partial charge in [0.2, 0.25) is 5.78 Å². The summed E-state index contributed by atoms with van der Waals surface area (Å²) in [6.07, 6.45) is 2.16. The van der Waals surface area contributed by atoms with Gasteiger partial charge < -0.3 is 19.1 Å². The molecule has 3 atom stereocenters. The highest BCUT2D eigenvalue weighted by molar-refractivity contribution is 8.00. The second kappa shape index (κ2) is 10.5. The van der Waals surface area contributed by atoms with Gasteiger partial charge in [0.1, 0.15) is 6.17 Å². The van der Waals surface area contributed by atoms with Crippen molar-refractivity contribution < 1.29 is 37.4 Å². The van der Waals surface area contributed by atoms with Crippen LogP contribution in [0.5, 0.6) is 0 Å². The van der Waals surface area contributed by atoms with Crippen LogP contribution in [0.2, 0.25) is 0 Å². The van der Waals surface area contributed by atoms with Crippen molar-refractivity contribution in [2.45, 2.75) is 41.1 Å². The first-order chi connectivity index (χ1) is 18.9. The molecule has 1 amide bonds. The Morgan fingerprint density at radius 3 is 2.85 bits per heavy atom. The first-order valence-corrected chi connectivity index (χ1v) is 14.3. The molecule has 0 N–H and O–H groups in total. The van der Waals surface area contributed by atoms with Gasteiger partial charge in [-0.3, -0.25) is 14.5 Å². The van der Waals surface area contributed by atoms with Gasteiger partial charge in [-0.25, -0.2) is 13.6 Å². The fourth-order valence-corrected chi connectivity index (χ4v) is 7.95. The van der Waals surface area contributed by atoms with Gasteiger partial charge in [-0.05, 0) is 47.6 Å². The van der Waals surface area contributed by atoms with Crippen LogP contribution in [0.4, 0.5) is 13.6 Å². The summed E-state index contributed by atoms with van der Waals surface area (Å²) in [4.78, 5) is 43.0. The van der Waals surface area contributed by atoms with Crippen LogP contribution in [0.1, 0.15) is 35.6 Å². The number of ketones is 1. The van der Waals surface area contributed by atoms with E-state index in [0.717, 1.165) is 22.9 Å². The van der Waals surface area contributed by atoms with E-state index in [1.54, 1.807) is 17.0 Å². The minimum absolute atomic E-state index is 0.0470. The second-order valence-corrected chi connectivity index (χ2v) is 11.6. The molecular formula is C27H24F2N2O6S2. The molecule has 0 saturated carbocycles. The third kappa shape index (κ3) is 4.39. The molecule has 2 aromatic rings. The summed E-state index contributed by atoms with van der Waals surface area (Å²) in [5.74, 6) is -3.02. The molecule has 0 spiro atoms. The topological polar surface area (TPSA) is 85.4 Å². The lowest BCUT2D eigenvalue weighted by molar-refractivity contribution is -0.160. The van der Waals surface area contributed by atoms with E-state index in [9.17, 15) is 18.8 Å². The number of hydrogen-bond donors (Lipinski definition) is 0. The van der Waals surface area contributed by atoms with Gasteiger partial charge in [0, 0.05) is 23.9 Å². The number of thiophene rings is 1. The Balaban J connectivity index is 1.61. The van der Waals surface area contributed by atoms with E-state index in [-0.39, 0.29) is 42.4 Å². The van der Waals surface area contributed by atoms with Crippen LogP contribution >= 0.6 is 23.1 Å². The van der Waals surface area contributed by atoms with Crippen LogP contribution in [0.3, 0.4) is 0 Å². The van der Waals surface area contributed by atoms with Gasteiger partial charge in [-0.1, -0.05) is 12.1 Å². The molecule has 0 bridgehead atoms. The molecule has 1 aromatic carbocycles. The van der Waals surface area contributed by atoms with Crippen LogP contribution in [-0.4, -0.2) is 66.7 Å². The molecule has 4 aliphatic rings. The molecule has 39 heavy (non-hydrogen) atoms. The minimum atomic E-state index is -1.11. The number of nitrogens with zero attached hydrogens (tertiary/aromatic N) is 2. The van der Waals surface area contributed by atoms with Crippen molar-refractivity contribution in [2.75, 3.05) is 26.9 Å². The number of hydrogen-bond acceptors (Lipinski definition) is 9. The standard InChI is InChI=1S/C27H24F2N2O6S2/c1-35-27(34)37-24-19(32)5-3-2-4-18-21(24)25(33)30-9-10-36-12-20(30)31(18)23-14-6-7-17(28)22(29)16(14)13-39-26-15(23)8-11-38-26/h3,5-8,11,18,20,23H,2,4,9-10,12-13H2,1H3/b5-3-,24-21-/t18?,20-,23?/m1/s1. The van der Waals surface area contributed by atoms with Gasteiger partial charge in [0.15, 0.2) is 17.4 Å². The molecular weight excluding hydrogens is 550 g/mol. The first-order valence-electron chi connectivity index (χ1n) is 12.4. The third-order valence-corrected chi connectivity index (χ3v) is 9.75. The van der Waals surface area contributed by atoms with Gasteiger partial charge >= 0.3 is 6.16 Å². The Morgan fingerprint density at radius 2 is 2.03 bits per heavy atom. The number of halogens is 2. The number of carbonyl (C=O) groups excluding carboxylic acids is 3. The lowest BCUT2D eigenvalue weighted by Crippen LogP contribution is -2.66. The quantitative estimate of drug-likeness (QED) is 0.484. The number of thioether (sulfide) groups is 1. The monoisotopic (exact) mass is 574 g/mol. The van der Waals surface area contributed by atoms with Crippen LogP contribution in [0, 0.1) is 11.6 Å². The van der Waals surface area contributed by atoms with E-state index in [1.165, 1.54) is 29.2 Å². The van der Waals surface area contributed by atoms with E-state index >= 15 is 4.39 Å². The summed E-state index contributed by atoms with van der Waals surface area (Å²) >= 11 is 2.95. The number of rotatable bonds is 2. The van der Waals surface area contributed by atoms with Crippen molar-refractivity contribution in [2.24, 2.45) is 0 Å². The van der Waals surface area contributed by atoms with Gasteiger partial charge in [0.25, 0.3) is 5.91 Å². The minimum Gasteiger partial charge on any atom is -0.437 e. The fourth-order valence-electron chi connectivity index (χ4n) is 5.77. The van der Waals surface area contributed by atoms with Crippen molar-refractivity contribution in [3.63, 3.8) is 0 Å². The highest BCUT2D eigenvalue weighted by Crippen LogP contribution is 2.49. The number of benzene rings is 1. The molecule has 1 aliphatic carbocycles. The number of carbonyl (C=O) groups is 3. The molecule has 12 heteroatoms. The maximum Gasteiger partial charge on any atom is 0.513 e. The van der Waals surface area contributed by atoms with Crippen LogP contribution < -0.4 is 0 Å². The molecule has 8 nitrogen and oxygen atoms in total. The lowest BCUT2D eigenvalue weighted by Gasteiger charge is -2.53.